The zero-order valence-corrected chi connectivity index (χ0v) is 13.4. The van der Waals surface area contributed by atoms with Crippen LogP contribution in [0, 0.1) is 24.2 Å². The Labute approximate surface area is 135 Å². The average molecular weight is 312 g/mol. The van der Waals surface area contributed by atoms with Gasteiger partial charge in [0.1, 0.15) is 19.0 Å². The van der Waals surface area contributed by atoms with Crippen molar-refractivity contribution in [3.8, 4) is 17.6 Å². The molecule has 0 spiro atoms. The van der Waals surface area contributed by atoms with Gasteiger partial charge in [-0.2, -0.15) is 5.26 Å². The van der Waals surface area contributed by atoms with Gasteiger partial charge in [-0.1, -0.05) is 17.7 Å². The number of rotatable bonds is 7. The first-order valence-corrected chi connectivity index (χ1v) is 7.51. The molecule has 0 aliphatic carbocycles. The first kappa shape index (κ1) is 16.6. The Morgan fingerprint density at radius 3 is 2.57 bits per heavy atom. The molecule has 2 aromatic rings. The highest BCUT2D eigenvalue weighted by Crippen LogP contribution is 2.11. The molecule has 0 radical (unpaired) electrons. The summed E-state index contributed by atoms with van der Waals surface area (Å²) in [6.45, 7) is 4.77. The summed E-state index contributed by atoms with van der Waals surface area (Å²) < 4.78 is 12.5. The lowest BCUT2D eigenvalue weighted by Gasteiger charge is -2.11. The normalized spacial score (nSPS) is 11.5. The molecule has 1 unspecified atom stereocenters. The zero-order valence-electron chi connectivity index (χ0n) is 13.4. The SMILES string of the molecule is Cc1ccc(OCCOc2cccn(CC(C)C#N)c2=O)cc1. The van der Waals surface area contributed by atoms with E-state index in [0.29, 0.717) is 13.2 Å². The van der Waals surface area contributed by atoms with Gasteiger partial charge in [0.15, 0.2) is 5.75 Å². The van der Waals surface area contributed by atoms with Gasteiger partial charge >= 0.3 is 0 Å². The molecule has 0 bridgehead atoms. The highest BCUT2D eigenvalue weighted by molar-refractivity contribution is 5.26. The van der Waals surface area contributed by atoms with Crippen molar-refractivity contribution in [2.24, 2.45) is 5.92 Å². The summed E-state index contributed by atoms with van der Waals surface area (Å²) in [7, 11) is 0. The topological polar surface area (TPSA) is 64.2 Å². The first-order chi connectivity index (χ1) is 11.1. The number of hydrogen-bond acceptors (Lipinski definition) is 4. The zero-order chi connectivity index (χ0) is 16.7. The molecule has 1 aromatic carbocycles. The minimum absolute atomic E-state index is 0.229. The molecular formula is C18H20N2O3. The summed E-state index contributed by atoms with van der Waals surface area (Å²) >= 11 is 0. The van der Waals surface area contributed by atoms with Crippen molar-refractivity contribution in [1.82, 2.24) is 4.57 Å². The van der Waals surface area contributed by atoms with Crippen LogP contribution in [-0.2, 0) is 6.54 Å². The minimum atomic E-state index is -0.232. The quantitative estimate of drug-likeness (QED) is 0.737. The molecule has 1 atom stereocenters. The number of aryl methyl sites for hydroxylation is 1. The number of ether oxygens (including phenoxy) is 2. The van der Waals surface area contributed by atoms with Crippen molar-refractivity contribution in [2.75, 3.05) is 13.2 Å². The monoisotopic (exact) mass is 312 g/mol. The molecule has 5 nitrogen and oxygen atoms in total. The maximum atomic E-state index is 12.2. The lowest BCUT2D eigenvalue weighted by molar-refractivity contribution is 0.214. The van der Waals surface area contributed by atoms with Crippen LogP contribution in [0.15, 0.2) is 47.4 Å². The molecule has 0 saturated carbocycles. The van der Waals surface area contributed by atoms with Crippen LogP contribution in [0.25, 0.3) is 0 Å². The third kappa shape index (κ3) is 4.89. The fourth-order valence-corrected chi connectivity index (χ4v) is 2.05. The van der Waals surface area contributed by atoms with Crippen molar-refractivity contribution < 1.29 is 9.47 Å². The third-order valence-corrected chi connectivity index (χ3v) is 3.31. The van der Waals surface area contributed by atoms with E-state index in [1.807, 2.05) is 31.2 Å². The summed E-state index contributed by atoms with van der Waals surface area (Å²) in [4.78, 5) is 12.2. The smallest absolute Gasteiger partial charge is 0.292 e. The molecule has 0 N–H and O–H groups in total. The fourth-order valence-electron chi connectivity index (χ4n) is 2.05. The van der Waals surface area contributed by atoms with Gasteiger partial charge in [-0.25, -0.2) is 0 Å². The van der Waals surface area contributed by atoms with Gasteiger partial charge in [0.2, 0.25) is 0 Å². The Bertz CT molecular complexity index is 729. The number of pyridine rings is 1. The Kier molecular flexibility index (Phi) is 5.81. The van der Waals surface area contributed by atoms with Crippen LogP contribution in [0.5, 0.6) is 11.5 Å². The van der Waals surface area contributed by atoms with Crippen molar-refractivity contribution >= 4 is 0 Å². The van der Waals surface area contributed by atoms with Gasteiger partial charge in [-0.05, 0) is 38.1 Å². The lowest BCUT2D eigenvalue weighted by atomic mass is 10.2. The largest absolute Gasteiger partial charge is 0.490 e. The second-order valence-electron chi connectivity index (χ2n) is 5.37. The maximum absolute atomic E-state index is 12.2. The van der Waals surface area contributed by atoms with Crippen LogP contribution in [0.1, 0.15) is 12.5 Å². The Hall–Kier alpha value is -2.74. The molecule has 2 rings (SSSR count). The molecule has 5 heteroatoms. The maximum Gasteiger partial charge on any atom is 0.292 e. The van der Waals surface area contributed by atoms with Crippen LogP contribution in [-0.4, -0.2) is 17.8 Å². The van der Waals surface area contributed by atoms with Crippen molar-refractivity contribution in [3.63, 3.8) is 0 Å². The molecule has 120 valence electrons. The molecule has 1 aromatic heterocycles. The van der Waals surface area contributed by atoms with Crippen LogP contribution >= 0.6 is 0 Å². The minimum Gasteiger partial charge on any atom is -0.490 e. The summed E-state index contributed by atoms with van der Waals surface area (Å²) in [5.74, 6) is 0.811. The fraction of sp³-hybridized carbons (Fsp3) is 0.333. The van der Waals surface area contributed by atoms with E-state index in [4.69, 9.17) is 14.7 Å². The van der Waals surface area contributed by atoms with Crippen molar-refractivity contribution in [2.45, 2.75) is 20.4 Å². The van der Waals surface area contributed by atoms with E-state index in [2.05, 4.69) is 6.07 Å². The predicted molar refractivity (Wildman–Crippen MR) is 87.6 cm³/mol. The highest BCUT2D eigenvalue weighted by Gasteiger charge is 2.07. The molecule has 0 saturated heterocycles. The predicted octanol–water partition coefficient (Wildman–Crippen LogP) is 2.77. The number of benzene rings is 1. The van der Waals surface area contributed by atoms with Crippen LogP contribution in [0.4, 0.5) is 0 Å². The summed E-state index contributed by atoms with van der Waals surface area (Å²) in [6, 6.07) is 13.2. The molecular weight excluding hydrogens is 292 g/mol. The van der Waals surface area contributed by atoms with Crippen LogP contribution in [0.2, 0.25) is 0 Å². The van der Waals surface area contributed by atoms with Crippen LogP contribution in [0.3, 0.4) is 0 Å². The van der Waals surface area contributed by atoms with Gasteiger partial charge in [-0.15, -0.1) is 0 Å². The number of nitriles is 1. The molecule has 0 fully saturated rings. The summed E-state index contributed by atoms with van der Waals surface area (Å²) in [6.07, 6.45) is 1.66. The van der Waals surface area contributed by atoms with E-state index in [9.17, 15) is 4.79 Å². The van der Waals surface area contributed by atoms with Gasteiger partial charge in [0, 0.05) is 12.7 Å². The standard InChI is InChI=1S/C18H20N2O3/c1-14-5-7-16(8-6-14)22-10-11-23-17-4-3-9-20(18(17)21)13-15(2)12-19/h3-9,15H,10-11,13H2,1-2H3. The number of hydrogen-bond donors (Lipinski definition) is 0. The molecule has 0 aliphatic rings. The molecule has 1 heterocycles. The summed E-state index contributed by atoms with van der Waals surface area (Å²) in [5, 5.41) is 8.84. The number of nitrogens with zero attached hydrogens (tertiary/aromatic N) is 2. The number of aromatic nitrogens is 1. The molecule has 23 heavy (non-hydrogen) atoms. The van der Waals surface area contributed by atoms with Gasteiger partial charge < -0.3 is 14.0 Å². The second kappa shape index (κ2) is 8.04. The average Bonchev–Trinajstić information content (AvgIpc) is 2.56. The Morgan fingerprint density at radius 1 is 1.17 bits per heavy atom. The van der Waals surface area contributed by atoms with E-state index >= 15 is 0 Å². The van der Waals surface area contributed by atoms with Crippen LogP contribution < -0.4 is 15.0 Å². The lowest BCUT2D eigenvalue weighted by Crippen LogP contribution is -2.24. The molecule has 0 amide bonds. The van der Waals surface area contributed by atoms with Gasteiger partial charge in [0.05, 0.1) is 12.0 Å². The molecule has 0 aliphatic heterocycles. The third-order valence-electron chi connectivity index (χ3n) is 3.31. The van der Waals surface area contributed by atoms with Crippen molar-refractivity contribution in [3.05, 3.63) is 58.5 Å². The summed E-state index contributed by atoms with van der Waals surface area (Å²) in [5.41, 5.74) is 0.940. The Balaban J connectivity index is 1.88. The Morgan fingerprint density at radius 2 is 1.87 bits per heavy atom. The van der Waals surface area contributed by atoms with E-state index in [1.165, 1.54) is 10.1 Å². The van der Waals surface area contributed by atoms with Gasteiger partial charge in [0.25, 0.3) is 5.56 Å². The highest BCUT2D eigenvalue weighted by atomic mass is 16.5. The first-order valence-electron chi connectivity index (χ1n) is 7.51. The van der Waals surface area contributed by atoms with Crippen molar-refractivity contribution in [1.29, 1.82) is 5.26 Å². The second-order valence-corrected chi connectivity index (χ2v) is 5.37. The van der Waals surface area contributed by atoms with E-state index in [0.717, 1.165) is 5.75 Å². The van der Waals surface area contributed by atoms with E-state index in [-0.39, 0.29) is 23.8 Å². The van der Waals surface area contributed by atoms with E-state index in [1.54, 1.807) is 25.3 Å². The van der Waals surface area contributed by atoms with E-state index < -0.39 is 0 Å². The van der Waals surface area contributed by atoms with Gasteiger partial charge in [-0.3, -0.25) is 4.79 Å².